The van der Waals surface area contributed by atoms with Crippen LogP contribution >= 0.6 is 0 Å². The van der Waals surface area contributed by atoms with Crippen molar-refractivity contribution in [1.29, 1.82) is 0 Å². The third-order valence-corrected chi connectivity index (χ3v) is 5.35. The van der Waals surface area contributed by atoms with Crippen molar-refractivity contribution in [3.8, 4) is 0 Å². The summed E-state index contributed by atoms with van der Waals surface area (Å²) in [6.07, 6.45) is 0.309. The number of hydrogen-bond acceptors (Lipinski definition) is 6. The summed E-state index contributed by atoms with van der Waals surface area (Å²) < 4.78 is 37.6. The number of rotatable bonds is 6. The van der Waals surface area contributed by atoms with Gasteiger partial charge in [0.15, 0.2) is 11.5 Å². The van der Waals surface area contributed by atoms with Gasteiger partial charge in [0, 0.05) is 13.0 Å². The Kier molecular flexibility index (Phi) is 5.06. The molecule has 2 aromatic carbocycles. The van der Waals surface area contributed by atoms with Crippen molar-refractivity contribution in [2.75, 3.05) is 13.7 Å². The molecule has 0 aliphatic carbocycles. The van der Waals surface area contributed by atoms with Gasteiger partial charge in [-0.15, -0.1) is 0 Å². The zero-order valence-electron chi connectivity index (χ0n) is 14.4. The average Bonchev–Trinajstić information content (AvgIpc) is 3.03. The molecule has 0 fully saturated rings. The quantitative estimate of drug-likeness (QED) is 0.666. The van der Waals surface area contributed by atoms with Crippen LogP contribution in [0.25, 0.3) is 11.1 Å². The molecule has 0 amide bonds. The molecule has 0 saturated carbocycles. The first-order valence-electron chi connectivity index (χ1n) is 7.94. The van der Waals surface area contributed by atoms with Crippen molar-refractivity contribution in [3.63, 3.8) is 0 Å². The van der Waals surface area contributed by atoms with Crippen LogP contribution in [0.3, 0.4) is 0 Å². The second kappa shape index (κ2) is 7.27. The lowest BCUT2D eigenvalue weighted by molar-refractivity contribution is 0.0599. The van der Waals surface area contributed by atoms with Gasteiger partial charge >= 0.3 is 5.97 Å². The zero-order valence-corrected chi connectivity index (χ0v) is 15.2. The summed E-state index contributed by atoms with van der Waals surface area (Å²) in [5.41, 5.74) is 2.25. The number of carbonyl (C=O) groups excluding carboxylic acids is 1. The molecule has 8 heteroatoms. The summed E-state index contributed by atoms with van der Waals surface area (Å²) in [4.78, 5) is 16.0. The Bertz CT molecular complexity index is 1020. The molecule has 3 rings (SSSR count). The van der Waals surface area contributed by atoms with Crippen LogP contribution in [0.4, 0.5) is 0 Å². The van der Waals surface area contributed by atoms with Gasteiger partial charge in [-0.2, -0.15) is 0 Å². The number of benzene rings is 2. The normalized spacial score (nSPS) is 11.6. The number of para-hydroxylation sites is 2. The lowest BCUT2D eigenvalue weighted by Crippen LogP contribution is -2.26. The minimum absolute atomic E-state index is 0.000986. The Balaban J connectivity index is 1.71. The Morgan fingerprint density at radius 3 is 2.73 bits per heavy atom. The van der Waals surface area contributed by atoms with E-state index in [2.05, 4.69) is 14.4 Å². The largest absolute Gasteiger partial charge is 0.465 e. The minimum atomic E-state index is -3.77. The fourth-order valence-corrected chi connectivity index (χ4v) is 3.56. The maximum absolute atomic E-state index is 12.5. The third kappa shape index (κ3) is 3.76. The lowest BCUT2D eigenvalue weighted by Gasteiger charge is -2.09. The van der Waals surface area contributed by atoms with Crippen molar-refractivity contribution in [3.05, 3.63) is 59.5 Å². The van der Waals surface area contributed by atoms with Gasteiger partial charge in [-0.25, -0.2) is 22.9 Å². The molecule has 0 aliphatic rings. The van der Waals surface area contributed by atoms with Gasteiger partial charge in [-0.3, -0.25) is 0 Å². The van der Waals surface area contributed by atoms with Crippen LogP contribution in [0, 0.1) is 6.92 Å². The van der Waals surface area contributed by atoms with E-state index >= 15 is 0 Å². The van der Waals surface area contributed by atoms with Gasteiger partial charge in [-0.05, 0) is 36.8 Å². The number of sulfonamides is 1. The number of nitrogens with zero attached hydrogens (tertiary/aromatic N) is 1. The van der Waals surface area contributed by atoms with Crippen LogP contribution in [0.1, 0.15) is 21.8 Å². The van der Waals surface area contributed by atoms with Crippen LogP contribution in [0.2, 0.25) is 0 Å². The predicted octanol–water partition coefficient (Wildman–Crippen LogP) is 2.44. The number of ether oxygens (including phenoxy) is 1. The molecule has 0 atom stereocenters. The zero-order chi connectivity index (χ0) is 18.7. The van der Waals surface area contributed by atoms with Crippen molar-refractivity contribution in [2.24, 2.45) is 0 Å². The number of fused-ring (bicyclic) bond motifs is 1. The molecule has 136 valence electrons. The first-order chi connectivity index (χ1) is 12.4. The Morgan fingerprint density at radius 2 is 2.00 bits per heavy atom. The van der Waals surface area contributed by atoms with Gasteiger partial charge in [0.05, 0.1) is 17.6 Å². The molecular weight excluding hydrogens is 356 g/mol. The summed E-state index contributed by atoms with van der Waals surface area (Å²) in [5.74, 6) is -0.126. The Morgan fingerprint density at radius 1 is 1.23 bits per heavy atom. The highest BCUT2D eigenvalue weighted by atomic mass is 32.2. The minimum Gasteiger partial charge on any atom is -0.465 e. The van der Waals surface area contributed by atoms with E-state index in [1.54, 1.807) is 19.1 Å². The fourth-order valence-electron chi connectivity index (χ4n) is 2.50. The SMILES string of the molecule is COC(=O)c1cc(S(=O)(=O)NCCc2nc3ccccc3o2)ccc1C. The molecule has 0 unspecified atom stereocenters. The molecule has 0 spiro atoms. The number of hydrogen-bond donors (Lipinski definition) is 1. The van der Waals surface area contributed by atoms with E-state index in [0.717, 1.165) is 5.52 Å². The Labute approximate surface area is 151 Å². The van der Waals surface area contributed by atoms with Gasteiger partial charge < -0.3 is 9.15 Å². The number of methoxy groups -OCH3 is 1. The van der Waals surface area contributed by atoms with Crippen LogP contribution in [-0.4, -0.2) is 33.0 Å². The number of esters is 1. The number of aryl methyl sites for hydroxylation is 1. The lowest BCUT2D eigenvalue weighted by atomic mass is 10.1. The number of nitrogens with one attached hydrogen (secondary N) is 1. The third-order valence-electron chi connectivity index (χ3n) is 3.89. The first kappa shape index (κ1) is 18.1. The van der Waals surface area contributed by atoms with Gasteiger partial charge in [0.25, 0.3) is 0 Å². The summed E-state index contributed by atoms with van der Waals surface area (Å²) in [5, 5.41) is 0. The number of oxazole rings is 1. The van der Waals surface area contributed by atoms with Crippen LogP contribution < -0.4 is 4.72 Å². The highest BCUT2D eigenvalue weighted by Crippen LogP contribution is 2.17. The van der Waals surface area contributed by atoms with E-state index in [0.29, 0.717) is 23.5 Å². The molecule has 1 N–H and O–H groups in total. The van der Waals surface area contributed by atoms with Crippen LogP contribution in [-0.2, 0) is 21.2 Å². The van der Waals surface area contributed by atoms with Gasteiger partial charge in [-0.1, -0.05) is 18.2 Å². The predicted molar refractivity (Wildman–Crippen MR) is 95.4 cm³/mol. The van der Waals surface area contributed by atoms with E-state index in [4.69, 9.17) is 4.42 Å². The van der Waals surface area contributed by atoms with Gasteiger partial charge in [0.1, 0.15) is 5.52 Å². The van der Waals surface area contributed by atoms with E-state index in [-0.39, 0.29) is 17.0 Å². The standard InChI is InChI=1S/C18H18N2O5S/c1-12-7-8-13(11-14(12)18(21)24-2)26(22,23)19-10-9-17-20-15-5-3-4-6-16(15)25-17/h3-8,11,19H,9-10H2,1-2H3. The van der Waals surface area contributed by atoms with Crippen molar-refractivity contribution in [2.45, 2.75) is 18.2 Å². The molecular formula is C18H18N2O5S. The molecule has 0 radical (unpaired) electrons. The van der Waals surface area contributed by atoms with E-state index in [9.17, 15) is 13.2 Å². The topological polar surface area (TPSA) is 98.5 Å². The Hall–Kier alpha value is -2.71. The van der Waals surface area contributed by atoms with Crippen molar-refractivity contribution in [1.82, 2.24) is 9.71 Å². The van der Waals surface area contributed by atoms with E-state index in [1.165, 1.54) is 19.2 Å². The second-order valence-electron chi connectivity index (χ2n) is 5.69. The summed E-state index contributed by atoms with van der Waals surface area (Å²) >= 11 is 0. The fraction of sp³-hybridized carbons (Fsp3) is 0.222. The highest BCUT2D eigenvalue weighted by Gasteiger charge is 2.18. The summed E-state index contributed by atoms with van der Waals surface area (Å²) in [6, 6.07) is 11.7. The van der Waals surface area contributed by atoms with Crippen molar-refractivity contribution >= 4 is 27.1 Å². The average molecular weight is 374 g/mol. The van der Waals surface area contributed by atoms with E-state index in [1.807, 2.05) is 18.2 Å². The summed E-state index contributed by atoms with van der Waals surface area (Å²) in [7, 11) is -2.52. The van der Waals surface area contributed by atoms with Crippen LogP contribution in [0.15, 0.2) is 51.8 Å². The molecule has 3 aromatic rings. The maximum atomic E-state index is 12.5. The smallest absolute Gasteiger partial charge is 0.338 e. The van der Waals surface area contributed by atoms with Gasteiger partial charge in [0.2, 0.25) is 10.0 Å². The van der Waals surface area contributed by atoms with Crippen LogP contribution in [0.5, 0.6) is 0 Å². The van der Waals surface area contributed by atoms with E-state index < -0.39 is 16.0 Å². The number of aromatic nitrogens is 1. The molecule has 0 saturated heterocycles. The molecule has 0 aliphatic heterocycles. The molecule has 7 nitrogen and oxygen atoms in total. The second-order valence-corrected chi connectivity index (χ2v) is 7.46. The number of carbonyl (C=O) groups is 1. The first-order valence-corrected chi connectivity index (χ1v) is 9.42. The molecule has 1 aromatic heterocycles. The molecule has 1 heterocycles. The highest BCUT2D eigenvalue weighted by molar-refractivity contribution is 7.89. The van der Waals surface area contributed by atoms with Crippen molar-refractivity contribution < 1.29 is 22.4 Å². The maximum Gasteiger partial charge on any atom is 0.338 e. The molecule has 26 heavy (non-hydrogen) atoms. The summed E-state index contributed by atoms with van der Waals surface area (Å²) in [6.45, 7) is 1.83. The molecule has 0 bridgehead atoms. The monoisotopic (exact) mass is 374 g/mol.